The summed E-state index contributed by atoms with van der Waals surface area (Å²) in [7, 11) is 2.03. The number of rotatable bonds is 5. The van der Waals surface area contributed by atoms with Crippen LogP contribution in [0, 0.1) is 0 Å². The lowest BCUT2D eigenvalue weighted by Gasteiger charge is -2.31. The molecule has 1 unspecified atom stereocenters. The van der Waals surface area contributed by atoms with Crippen LogP contribution in [0.15, 0.2) is 24.3 Å². The maximum atomic E-state index is 12.6. The molecule has 1 N–H and O–H groups in total. The molecule has 1 atom stereocenters. The molecule has 4 rings (SSSR count). The number of benzene rings is 1. The second-order valence-corrected chi connectivity index (χ2v) is 9.15. The van der Waals surface area contributed by atoms with Crippen LogP contribution in [0.2, 0.25) is 0 Å². The van der Waals surface area contributed by atoms with Gasteiger partial charge in [0.1, 0.15) is 5.60 Å². The first-order valence-electron chi connectivity index (χ1n) is 10.5. The Labute approximate surface area is 172 Å². The van der Waals surface area contributed by atoms with Gasteiger partial charge in [0, 0.05) is 26.2 Å². The Morgan fingerprint density at radius 2 is 1.90 bits per heavy atom. The van der Waals surface area contributed by atoms with Crippen molar-refractivity contribution in [2.45, 2.75) is 64.1 Å². The van der Waals surface area contributed by atoms with Crippen LogP contribution in [-0.2, 0) is 4.74 Å². The molecular formula is C22H31N5O2. The number of nitrogens with zero attached hydrogens (tertiary/aromatic N) is 4. The average Bonchev–Trinajstić information content (AvgIpc) is 3.34. The number of amides is 1. The fourth-order valence-electron chi connectivity index (χ4n) is 3.76. The molecule has 2 aromatic rings. The van der Waals surface area contributed by atoms with Crippen molar-refractivity contribution in [2.75, 3.05) is 30.4 Å². The molecule has 1 saturated heterocycles. The largest absolute Gasteiger partial charge is 0.444 e. The second kappa shape index (κ2) is 7.69. The number of likely N-dealkylation sites (tertiary alicyclic amines) is 1. The van der Waals surface area contributed by atoms with Crippen molar-refractivity contribution in [1.82, 2.24) is 14.9 Å². The highest BCUT2D eigenvalue weighted by Crippen LogP contribution is 2.31. The molecule has 1 aliphatic carbocycles. The SMILES string of the molecule is CN(CC1CCCN1C(=O)OC(C)(C)C)c1nc2ccccc2nc1NC1CC1. The minimum atomic E-state index is -0.485. The molecule has 1 saturated carbocycles. The van der Waals surface area contributed by atoms with E-state index in [0.717, 1.165) is 42.1 Å². The highest BCUT2D eigenvalue weighted by Gasteiger charge is 2.33. The van der Waals surface area contributed by atoms with E-state index in [4.69, 9.17) is 14.7 Å². The van der Waals surface area contributed by atoms with Crippen molar-refractivity contribution >= 4 is 28.8 Å². The van der Waals surface area contributed by atoms with Crippen LogP contribution in [0.25, 0.3) is 11.0 Å². The Kier molecular flexibility index (Phi) is 5.23. The summed E-state index contributed by atoms with van der Waals surface area (Å²) in [6.07, 6.45) is 4.08. The molecule has 2 fully saturated rings. The molecule has 1 aliphatic heterocycles. The normalized spacial score (nSPS) is 19.4. The van der Waals surface area contributed by atoms with E-state index >= 15 is 0 Å². The number of hydrogen-bond acceptors (Lipinski definition) is 6. The van der Waals surface area contributed by atoms with Crippen molar-refractivity contribution in [3.8, 4) is 0 Å². The van der Waals surface area contributed by atoms with Crippen molar-refractivity contribution in [3.63, 3.8) is 0 Å². The third-order valence-corrected chi connectivity index (χ3v) is 5.32. The predicted octanol–water partition coefficient (Wildman–Crippen LogP) is 4.04. The predicted molar refractivity (Wildman–Crippen MR) is 115 cm³/mol. The van der Waals surface area contributed by atoms with Crippen LogP contribution in [0.4, 0.5) is 16.4 Å². The lowest BCUT2D eigenvalue weighted by molar-refractivity contribution is 0.0232. The Morgan fingerprint density at radius 1 is 1.21 bits per heavy atom. The van der Waals surface area contributed by atoms with Gasteiger partial charge in [-0.2, -0.15) is 0 Å². The summed E-state index contributed by atoms with van der Waals surface area (Å²) in [4.78, 5) is 26.3. The number of likely N-dealkylation sites (N-methyl/N-ethyl adjacent to an activating group) is 1. The zero-order chi connectivity index (χ0) is 20.6. The molecule has 0 spiro atoms. The fraction of sp³-hybridized carbons (Fsp3) is 0.591. The topological polar surface area (TPSA) is 70.6 Å². The van der Waals surface area contributed by atoms with E-state index in [9.17, 15) is 4.79 Å². The molecule has 1 amide bonds. The quantitative estimate of drug-likeness (QED) is 0.821. The Hall–Kier alpha value is -2.57. The summed E-state index contributed by atoms with van der Waals surface area (Å²) >= 11 is 0. The van der Waals surface area contributed by atoms with E-state index in [1.807, 2.05) is 57.0 Å². The molecule has 7 nitrogen and oxygen atoms in total. The summed E-state index contributed by atoms with van der Waals surface area (Å²) in [5, 5.41) is 3.53. The van der Waals surface area contributed by atoms with Gasteiger partial charge in [0.25, 0.3) is 0 Å². The summed E-state index contributed by atoms with van der Waals surface area (Å²) in [5.41, 5.74) is 1.29. The zero-order valence-corrected chi connectivity index (χ0v) is 17.8. The smallest absolute Gasteiger partial charge is 0.410 e. The Bertz CT molecular complexity index is 890. The maximum absolute atomic E-state index is 12.6. The molecule has 1 aromatic carbocycles. The van der Waals surface area contributed by atoms with Gasteiger partial charge < -0.3 is 19.9 Å². The van der Waals surface area contributed by atoms with Gasteiger partial charge in [-0.15, -0.1) is 0 Å². The molecule has 0 radical (unpaired) electrons. The van der Waals surface area contributed by atoms with Crippen LogP contribution < -0.4 is 10.2 Å². The van der Waals surface area contributed by atoms with Gasteiger partial charge in [-0.1, -0.05) is 12.1 Å². The third kappa shape index (κ3) is 4.71. The highest BCUT2D eigenvalue weighted by molar-refractivity contribution is 5.80. The Morgan fingerprint density at radius 3 is 2.55 bits per heavy atom. The molecule has 29 heavy (non-hydrogen) atoms. The van der Waals surface area contributed by atoms with Gasteiger partial charge in [0.2, 0.25) is 0 Å². The number of carbonyl (C=O) groups excluding carboxylic acids is 1. The number of ether oxygens (including phenoxy) is 1. The highest BCUT2D eigenvalue weighted by atomic mass is 16.6. The third-order valence-electron chi connectivity index (χ3n) is 5.32. The molecule has 0 bridgehead atoms. The molecule has 2 heterocycles. The van der Waals surface area contributed by atoms with Crippen LogP contribution in [0.5, 0.6) is 0 Å². The van der Waals surface area contributed by atoms with E-state index in [2.05, 4.69) is 10.2 Å². The lowest BCUT2D eigenvalue weighted by Crippen LogP contribution is -2.44. The van der Waals surface area contributed by atoms with E-state index in [1.54, 1.807) is 0 Å². The summed E-state index contributed by atoms with van der Waals surface area (Å²) in [6.45, 7) is 7.16. The average molecular weight is 398 g/mol. The first-order chi connectivity index (χ1) is 13.8. The summed E-state index contributed by atoms with van der Waals surface area (Å²) < 4.78 is 5.61. The zero-order valence-electron chi connectivity index (χ0n) is 17.8. The number of aromatic nitrogens is 2. The van der Waals surface area contributed by atoms with Gasteiger partial charge in [0.05, 0.1) is 17.1 Å². The van der Waals surface area contributed by atoms with Gasteiger partial charge >= 0.3 is 6.09 Å². The minimum absolute atomic E-state index is 0.108. The molecule has 1 aromatic heterocycles. The maximum Gasteiger partial charge on any atom is 0.410 e. The number of para-hydroxylation sites is 2. The van der Waals surface area contributed by atoms with Crippen molar-refractivity contribution < 1.29 is 9.53 Å². The first-order valence-corrected chi connectivity index (χ1v) is 10.5. The molecule has 2 aliphatic rings. The number of fused-ring (bicyclic) bond motifs is 1. The van der Waals surface area contributed by atoms with Gasteiger partial charge in [-0.25, -0.2) is 14.8 Å². The van der Waals surface area contributed by atoms with Gasteiger partial charge in [0.15, 0.2) is 11.6 Å². The first kappa shape index (κ1) is 19.7. The number of anilines is 2. The van der Waals surface area contributed by atoms with E-state index in [1.165, 1.54) is 12.8 Å². The molecule has 7 heteroatoms. The van der Waals surface area contributed by atoms with Crippen LogP contribution in [-0.4, -0.2) is 58.8 Å². The van der Waals surface area contributed by atoms with E-state index in [-0.39, 0.29) is 12.1 Å². The molecule has 156 valence electrons. The lowest BCUT2D eigenvalue weighted by atomic mass is 10.2. The number of carbonyl (C=O) groups is 1. The standard InChI is InChI=1S/C22H31N5O2/c1-22(2,3)29-21(28)27-13-7-8-16(27)14-26(4)20-19(23-15-11-12-15)24-17-9-5-6-10-18(17)25-20/h5-6,9-10,15-16H,7-8,11-14H2,1-4H3,(H,23,24). The van der Waals surface area contributed by atoms with Crippen LogP contribution in [0.1, 0.15) is 46.5 Å². The van der Waals surface area contributed by atoms with Crippen LogP contribution in [0.3, 0.4) is 0 Å². The number of nitrogens with one attached hydrogen (secondary N) is 1. The fourth-order valence-corrected chi connectivity index (χ4v) is 3.76. The van der Waals surface area contributed by atoms with E-state index in [0.29, 0.717) is 12.6 Å². The minimum Gasteiger partial charge on any atom is -0.444 e. The summed E-state index contributed by atoms with van der Waals surface area (Å²) in [6, 6.07) is 8.54. The monoisotopic (exact) mass is 397 g/mol. The van der Waals surface area contributed by atoms with Crippen molar-refractivity contribution in [2.24, 2.45) is 0 Å². The van der Waals surface area contributed by atoms with Crippen molar-refractivity contribution in [3.05, 3.63) is 24.3 Å². The second-order valence-electron chi connectivity index (χ2n) is 9.15. The van der Waals surface area contributed by atoms with E-state index < -0.39 is 5.60 Å². The van der Waals surface area contributed by atoms with Crippen molar-refractivity contribution in [1.29, 1.82) is 0 Å². The van der Waals surface area contributed by atoms with Gasteiger partial charge in [-0.3, -0.25) is 0 Å². The van der Waals surface area contributed by atoms with Gasteiger partial charge in [-0.05, 0) is 58.6 Å². The number of hydrogen-bond donors (Lipinski definition) is 1. The molecular weight excluding hydrogens is 366 g/mol. The van der Waals surface area contributed by atoms with Crippen LogP contribution >= 0.6 is 0 Å². The Balaban J connectivity index is 1.54. The summed E-state index contributed by atoms with van der Waals surface area (Å²) in [5.74, 6) is 1.67.